The average Bonchev–Trinajstić information content (AvgIpc) is 3.26. The molecule has 0 bridgehead atoms. The first-order chi connectivity index (χ1) is 15.6. The van der Waals surface area contributed by atoms with Gasteiger partial charge in [-0.1, -0.05) is 37.3 Å². The third-order valence-electron chi connectivity index (χ3n) is 6.44. The Morgan fingerprint density at radius 3 is 2.53 bits per heavy atom. The van der Waals surface area contributed by atoms with Crippen LogP contribution in [0.5, 0.6) is 0 Å². The Bertz CT molecular complexity index is 941. The van der Waals surface area contributed by atoms with E-state index in [4.69, 9.17) is 4.74 Å². The first-order valence-electron chi connectivity index (χ1n) is 11.6. The number of amides is 2. The van der Waals surface area contributed by atoms with Gasteiger partial charge in [0.05, 0.1) is 13.2 Å². The first-order valence-corrected chi connectivity index (χ1v) is 11.6. The minimum atomic E-state index is 0.0395. The van der Waals surface area contributed by atoms with Gasteiger partial charge >= 0.3 is 0 Å². The van der Waals surface area contributed by atoms with Gasteiger partial charge in [0.2, 0.25) is 5.91 Å². The van der Waals surface area contributed by atoms with Crippen LogP contribution >= 0.6 is 0 Å². The molecule has 0 aromatic heterocycles. The minimum absolute atomic E-state index is 0.0395. The fourth-order valence-corrected chi connectivity index (χ4v) is 4.61. The third kappa shape index (κ3) is 5.03. The van der Waals surface area contributed by atoms with Gasteiger partial charge in [-0.3, -0.25) is 14.5 Å². The molecule has 2 aliphatic rings. The number of hydrogen-bond acceptors (Lipinski definition) is 4. The molecule has 6 nitrogen and oxygen atoms in total. The molecule has 0 N–H and O–H groups in total. The van der Waals surface area contributed by atoms with Crippen molar-refractivity contribution in [3.63, 3.8) is 0 Å². The van der Waals surface area contributed by atoms with Crippen molar-refractivity contribution in [2.45, 2.75) is 39.3 Å². The molecule has 0 aliphatic carbocycles. The maximum Gasteiger partial charge on any atom is 0.254 e. The monoisotopic (exact) mass is 435 g/mol. The van der Waals surface area contributed by atoms with Crippen molar-refractivity contribution < 1.29 is 14.3 Å². The number of ether oxygens (including phenoxy) is 1. The number of nitrogens with zero attached hydrogens (tertiary/aromatic N) is 3. The molecule has 1 saturated heterocycles. The third-order valence-corrected chi connectivity index (χ3v) is 6.44. The maximum atomic E-state index is 13.7. The van der Waals surface area contributed by atoms with E-state index in [1.54, 1.807) is 0 Å². The number of anilines is 1. The molecule has 4 rings (SSSR count). The summed E-state index contributed by atoms with van der Waals surface area (Å²) in [5.41, 5.74) is 3.84. The van der Waals surface area contributed by atoms with E-state index in [-0.39, 0.29) is 17.9 Å². The van der Waals surface area contributed by atoms with Crippen LogP contribution in [0.15, 0.2) is 48.5 Å². The Hall–Kier alpha value is -2.70. The van der Waals surface area contributed by atoms with E-state index in [1.807, 2.05) is 53.1 Å². The van der Waals surface area contributed by atoms with E-state index in [0.717, 1.165) is 56.1 Å². The summed E-state index contributed by atoms with van der Waals surface area (Å²) in [5, 5.41) is 0. The van der Waals surface area contributed by atoms with Gasteiger partial charge in [0.15, 0.2) is 0 Å². The van der Waals surface area contributed by atoms with Gasteiger partial charge in [-0.05, 0) is 42.7 Å². The highest BCUT2D eigenvalue weighted by molar-refractivity contribution is 5.98. The van der Waals surface area contributed by atoms with Crippen LogP contribution < -0.4 is 4.90 Å². The molecule has 1 fully saturated rings. The Labute approximate surface area is 190 Å². The average molecular weight is 436 g/mol. The molecular formula is C26H33N3O3. The lowest BCUT2D eigenvalue weighted by Crippen LogP contribution is -2.48. The number of morpholine rings is 1. The molecule has 2 aliphatic heterocycles. The van der Waals surface area contributed by atoms with E-state index in [1.165, 1.54) is 0 Å². The standard InChI is InChI=1S/C26H33N3O3/c1-3-25(30)28-12-11-22-17-23(9-10-24(22)28)26(31)29(19-21-7-5-4-6-8-21)20(2)18-27-13-15-32-16-14-27/h4-10,17,20H,3,11-16,18-19H2,1-2H3/t20-/m0/s1. The number of rotatable bonds is 7. The van der Waals surface area contributed by atoms with Gasteiger partial charge in [0.1, 0.15) is 0 Å². The Balaban J connectivity index is 1.56. The molecule has 2 aromatic carbocycles. The summed E-state index contributed by atoms with van der Waals surface area (Å²) in [7, 11) is 0. The maximum absolute atomic E-state index is 13.7. The summed E-state index contributed by atoms with van der Waals surface area (Å²) in [6.45, 7) is 9.40. The van der Waals surface area contributed by atoms with Gasteiger partial charge in [0, 0.05) is 56.4 Å². The highest BCUT2D eigenvalue weighted by Gasteiger charge is 2.28. The summed E-state index contributed by atoms with van der Waals surface area (Å²) in [5.74, 6) is 0.172. The SMILES string of the molecule is CCC(=O)N1CCc2cc(C(=O)N(Cc3ccccc3)[C@@H](C)CN3CCOCC3)ccc21. The van der Waals surface area contributed by atoms with Crippen molar-refractivity contribution in [1.82, 2.24) is 9.80 Å². The number of carbonyl (C=O) groups excluding carboxylic acids is 2. The zero-order valence-electron chi connectivity index (χ0n) is 19.1. The van der Waals surface area contributed by atoms with Gasteiger partial charge in [0.25, 0.3) is 5.91 Å². The Morgan fingerprint density at radius 2 is 1.81 bits per heavy atom. The molecule has 6 heteroatoms. The van der Waals surface area contributed by atoms with Crippen molar-refractivity contribution in [3.05, 3.63) is 65.2 Å². The molecule has 2 amide bonds. The van der Waals surface area contributed by atoms with E-state index in [9.17, 15) is 9.59 Å². The molecule has 170 valence electrons. The van der Waals surface area contributed by atoms with Gasteiger partial charge < -0.3 is 14.5 Å². The normalized spacial score (nSPS) is 17.1. The second kappa shape index (κ2) is 10.3. The number of hydrogen-bond donors (Lipinski definition) is 0. The summed E-state index contributed by atoms with van der Waals surface area (Å²) in [6, 6.07) is 16.0. The molecule has 2 aromatic rings. The van der Waals surface area contributed by atoms with Crippen LogP contribution in [-0.2, 0) is 22.5 Å². The predicted octanol–water partition coefficient (Wildman–Crippen LogP) is 3.35. The van der Waals surface area contributed by atoms with Crippen LogP contribution in [0.4, 0.5) is 5.69 Å². The zero-order chi connectivity index (χ0) is 22.5. The smallest absolute Gasteiger partial charge is 0.254 e. The van der Waals surface area contributed by atoms with Crippen LogP contribution in [0, 0.1) is 0 Å². The van der Waals surface area contributed by atoms with Gasteiger partial charge in [-0.15, -0.1) is 0 Å². The van der Waals surface area contributed by atoms with Crippen molar-refractivity contribution >= 4 is 17.5 Å². The molecule has 2 heterocycles. The Kier molecular flexibility index (Phi) is 7.22. The molecule has 0 spiro atoms. The fourth-order valence-electron chi connectivity index (χ4n) is 4.61. The topological polar surface area (TPSA) is 53.1 Å². The van der Waals surface area contributed by atoms with Crippen LogP contribution in [0.2, 0.25) is 0 Å². The van der Waals surface area contributed by atoms with E-state index in [2.05, 4.69) is 24.0 Å². The second-order valence-electron chi connectivity index (χ2n) is 8.67. The van der Waals surface area contributed by atoms with Crippen LogP contribution in [-0.4, -0.2) is 67.0 Å². The number of carbonyl (C=O) groups is 2. The summed E-state index contributed by atoms with van der Waals surface area (Å²) >= 11 is 0. The van der Waals surface area contributed by atoms with Crippen molar-refractivity contribution in [1.29, 1.82) is 0 Å². The van der Waals surface area contributed by atoms with Crippen LogP contribution in [0.3, 0.4) is 0 Å². The molecule has 0 unspecified atom stereocenters. The van der Waals surface area contributed by atoms with Crippen LogP contribution in [0.1, 0.15) is 41.8 Å². The van der Waals surface area contributed by atoms with E-state index >= 15 is 0 Å². The lowest BCUT2D eigenvalue weighted by Gasteiger charge is -2.35. The molecule has 0 saturated carbocycles. The fraction of sp³-hybridized carbons (Fsp3) is 0.462. The zero-order valence-corrected chi connectivity index (χ0v) is 19.1. The predicted molar refractivity (Wildman–Crippen MR) is 126 cm³/mol. The minimum Gasteiger partial charge on any atom is -0.379 e. The highest BCUT2D eigenvalue weighted by Crippen LogP contribution is 2.30. The first kappa shape index (κ1) is 22.5. The van der Waals surface area contributed by atoms with Gasteiger partial charge in [-0.25, -0.2) is 0 Å². The molecule has 1 atom stereocenters. The van der Waals surface area contributed by atoms with Crippen LogP contribution in [0.25, 0.3) is 0 Å². The number of benzene rings is 2. The largest absolute Gasteiger partial charge is 0.379 e. The molecule has 32 heavy (non-hydrogen) atoms. The lowest BCUT2D eigenvalue weighted by molar-refractivity contribution is -0.118. The van der Waals surface area contributed by atoms with E-state index in [0.29, 0.717) is 25.1 Å². The lowest BCUT2D eigenvalue weighted by atomic mass is 10.1. The summed E-state index contributed by atoms with van der Waals surface area (Å²) in [4.78, 5) is 32.1. The number of fused-ring (bicyclic) bond motifs is 1. The highest BCUT2D eigenvalue weighted by atomic mass is 16.5. The summed E-state index contributed by atoms with van der Waals surface area (Å²) < 4.78 is 5.48. The summed E-state index contributed by atoms with van der Waals surface area (Å²) in [6.07, 6.45) is 1.29. The van der Waals surface area contributed by atoms with Crippen molar-refractivity contribution in [3.8, 4) is 0 Å². The van der Waals surface area contributed by atoms with E-state index < -0.39 is 0 Å². The molecule has 0 radical (unpaired) electrons. The van der Waals surface area contributed by atoms with Crippen molar-refractivity contribution in [2.75, 3.05) is 44.3 Å². The Morgan fingerprint density at radius 1 is 1.06 bits per heavy atom. The quantitative estimate of drug-likeness (QED) is 0.669. The van der Waals surface area contributed by atoms with Gasteiger partial charge in [-0.2, -0.15) is 0 Å². The second-order valence-corrected chi connectivity index (χ2v) is 8.67. The molecular weight excluding hydrogens is 402 g/mol. The van der Waals surface area contributed by atoms with Crippen molar-refractivity contribution in [2.24, 2.45) is 0 Å².